The minimum absolute atomic E-state index is 0.153. The molecular formula is C23H29ClFNO2. The molecule has 0 aliphatic carbocycles. The first-order valence-electron chi connectivity index (χ1n) is 10.1. The summed E-state index contributed by atoms with van der Waals surface area (Å²) in [6, 6.07) is 14.0. The zero-order valence-corrected chi connectivity index (χ0v) is 17.2. The van der Waals surface area contributed by atoms with Crippen LogP contribution in [-0.4, -0.2) is 42.9 Å². The average Bonchev–Trinajstić information content (AvgIpc) is 2.72. The van der Waals surface area contributed by atoms with Crippen LogP contribution < -0.4 is 0 Å². The number of ether oxygens (including phenoxy) is 1. The number of halogens is 2. The van der Waals surface area contributed by atoms with Crippen molar-refractivity contribution in [1.29, 1.82) is 0 Å². The third kappa shape index (κ3) is 5.12. The zero-order chi connectivity index (χ0) is 20.0. The fourth-order valence-electron chi connectivity index (χ4n) is 3.97. The van der Waals surface area contributed by atoms with Crippen LogP contribution in [0.3, 0.4) is 0 Å². The molecule has 1 aliphatic heterocycles. The molecule has 5 heteroatoms. The Balaban J connectivity index is 2.00. The Morgan fingerprint density at radius 3 is 2.36 bits per heavy atom. The van der Waals surface area contributed by atoms with E-state index in [0.29, 0.717) is 31.2 Å². The quantitative estimate of drug-likeness (QED) is 0.672. The van der Waals surface area contributed by atoms with Crippen molar-refractivity contribution in [1.82, 2.24) is 4.90 Å². The molecule has 0 spiro atoms. The molecule has 2 aromatic carbocycles. The van der Waals surface area contributed by atoms with Crippen LogP contribution in [0.4, 0.5) is 4.39 Å². The van der Waals surface area contributed by atoms with Crippen LogP contribution in [0.1, 0.15) is 43.2 Å². The van der Waals surface area contributed by atoms with Crippen LogP contribution in [0, 0.1) is 5.82 Å². The molecule has 3 nitrogen and oxygen atoms in total. The van der Waals surface area contributed by atoms with E-state index in [2.05, 4.69) is 11.8 Å². The number of unbranched alkanes of at least 4 members (excludes halogenated alkanes) is 1. The minimum Gasteiger partial charge on any atom is -0.384 e. The Morgan fingerprint density at radius 2 is 1.75 bits per heavy atom. The van der Waals surface area contributed by atoms with Gasteiger partial charge in [-0.05, 0) is 41.8 Å². The molecule has 1 fully saturated rings. The monoisotopic (exact) mass is 405 g/mol. The van der Waals surface area contributed by atoms with Crippen molar-refractivity contribution in [2.75, 3.05) is 32.8 Å². The summed E-state index contributed by atoms with van der Waals surface area (Å²) in [5.74, 6) is -0.447. The first kappa shape index (κ1) is 21.3. The summed E-state index contributed by atoms with van der Waals surface area (Å²) in [6.07, 6.45) is 2.49. The Bertz CT molecular complexity index is 731. The number of rotatable bonds is 8. The van der Waals surface area contributed by atoms with Gasteiger partial charge in [0.05, 0.1) is 18.8 Å². The molecule has 0 amide bonds. The number of morpholine rings is 1. The summed E-state index contributed by atoms with van der Waals surface area (Å²) in [5, 5.41) is 12.7. The van der Waals surface area contributed by atoms with Crippen molar-refractivity contribution in [2.24, 2.45) is 0 Å². The molecule has 28 heavy (non-hydrogen) atoms. The van der Waals surface area contributed by atoms with Gasteiger partial charge >= 0.3 is 0 Å². The second-order valence-electron chi connectivity index (χ2n) is 7.55. The molecule has 2 atom stereocenters. The molecule has 0 unspecified atom stereocenters. The smallest absolute Gasteiger partial charge is 0.123 e. The van der Waals surface area contributed by atoms with E-state index in [1.54, 1.807) is 12.1 Å². The third-order valence-corrected chi connectivity index (χ3v) is 5.90. The summed E-state index contributed by atoms with van der Waals surface area (Å²) < 4.78 is 19.0. The van der Waals surface area contributed by atoms with Crippen LogP contribution in [0.2, 0.25) is 5.02 Å². The van der Waals surface area contributed by atoms with E-state index in [1.807, 2.05) is 24.3 Å². The summed E-state index contributed by atoms with van der Waals surface area (Å²) in [4.78, 5) is 2.34. The highest BCUT2D eigenvalue weighted by molar-refractivity contribution is 6.30. The standard InChI is InChI=1S/C23H29ClFNO2/c1-2-3-12-23(27,19-6-10-21(25)11-7-19)22(17-26-13-15-28-16-14-26)18-4-8-20(24)9-5-18/h4-11,22,27H,2-3,12-17H2,1H3/t22-,23+/m1/s1. The predicted octanol–water partition coefficient (Wildman–Crippen LogP) is 4.97. The normalized spacial score (nSPS) is 18.6. The maximum absolute atomic E-state index is 13.5. The SMILES string of the molecule is CCCC[C@](O)(c1ccc(F)cc1)[C@H](CN1CCOCC1)c1ccc(Cl)cc1. The highest BCUT2D eigenvalue weighted by Gasteiger charge is 2.40. The van der Waals surface area contributed by atoms with E-state index in [1.165, 1.54) is 12.1 Å². The average molecular weight is 406 g/mol. The lowest BCUT2D eigenvalue weighted by Crippen LogP contribution is -2.45. The Kier molecular flexibility index (Phi) is 7.47. The zero-order valence-electron chi connectivity index (χ0n) is 16.4. The van der Waals surface area contributed by atoms with Gasteiger partial charge < -0.3 is 9.84 Å². The van der Waals surface area contributed by atoms with E-state index < -0.39 is 5.60 Å². The van der Waals surface area contributed by atoms with Gasteiger partial charge in [-0.3, -0.25) is 4.90 Å². The molecule has 0 saturated carbocycles. The lowest BCUT2D eigenvalue weighted by molar-refractivity contribution is -0.0294. The van der Waals surface area contributed by atoms with Crippen LogP contribution in [0.15, 0.2) is 48.5 Å². The topological polar surface area (TPSA) is 32.7 Å². The van der Waals surface area contributed by atoms with Crippen molar-refractivity contribution in [3.63, 3.8) is 0 Å². The maximum Gasteiger partial charge on any atom is 0.123 e. The summed E-state index contributed by atoms with van der Waals surface area (Å²) >= 11 is 6.11. The first-order valence-corrected chi connectivity index (χ1v) is 10.4. The number of nitrogens with zero attached hydrogens (tertiary/aromatic N) is 1. The van der Waals surface area contributed by atoms with Gasteiger partial charge in [0.1, 0.15) is 5.82 Å². The lowest BCUT2D eigenvalue weighted by Gasteiger charge is -2.41. The fraction of sp³-hybridized carbons (Fsp3) is 0.478. The lowest BCUT2D eigenvalue weighted by atomic mass is 9.74. The van der Waals surface area contributed by atoms with E-state index in [0.717, 1.165) is 37.1 Å². The second kappa shape index (κ2) is 9.84. The van der Waals surface area contributed by atoms with Crippen LogP contribution in [-0.2, 0) is 10.3 Å². The van der Waals surface area contributed by atoms with Gasteiger partial charge in [0.15, 0.2) is 0 Å². The number of hydrogen-bond acceptors (Lipinski definition) is 3. The molecule has 3 rings (SSSR count). The van der Waals surface area contributed by atoms with Crippen molar-refractivity contribution in [3.05, 3.63) is 70.5 Å². The van der Waals surface area contributed by atoms with Gasteiger partial charge in [0.25, 0.3) is 0 Å². The van der Waals surface area contributed by atoms with Crippen LogP contribution in [0.25, 0.3) is 0 Å². The van der Waals surface area contributed by atoms with Gasteiger partial charge in [-0.15, -0.1) is 0 Å². The van der Waals surface area contributed by atoms with Gasteiger partial charge in [-0.25, -0.2) is 4.39 Å². The molecule has 1 heterocycles. The second-order valence-corrected chi connectivity index (χ2v) is 7.99. The van der Waals surface area contributed by atoms with Crippen molar-refractivity contribution >= 4 is 11.6 Å². The molecular weight excluding hydrogens is 377 g/mol. The minimum atomic E-state index is -1.09. The molecule has 0 bridgehead atoms. The van der Waals surface area contributed by atoms with Crippen molar-refractivity contribution < 1.29 is 14.2 Å². The molecule has 1 aliphatic rings. The summed E-state index contributed by atoms with van der Waals surface area (Å²) in [5.41, 5.74) is 0.713. The molecule has 152 valence electrons. The Morgan fingerprint density at radius 1 is 1.11 bits per heavy atom. The third-order valence-electron chi connectivity index (χ3n) is 5.65. The predicted molar refractivity (Wildman–Crippen MR) is 111 cm³/mol. The summed E-state index contributed by atoms with van der Waals surface area (Å²) in [7, 11) is 0. The van der Waals surface area contributed by atoms with E-state index in [9.17, 15) is 9.50 Å². The number of benzene rings is 2. The van der Waals surface area contributed by atoms with E-state index >= 15 is 0 Å². The Labute approximate surface area is 172 Å². The highest BCUT2D eigenvalue weighted by atomic mass is 35.5. The van der Waals surface area contributed by atoms with Gasteiger partial charge in [-0.1, -0.05) is 55.6 Å². The van der Waals surface area contributed by atoms with Gasteiger partial charge in [0, 0.05) is 30.6 Å². The molecule has 1 saturated heterocycles. The molecule has 1 N–H and O–H groups in total. The van der Waals surface area contributed by atoms with Crippen LogP contribution in [0.5, 0.6) is 0 Å². The molecule has 2 aromatic rings. The van der Waals surface area contributed by atoms with Crippen molar-refractivity contribution in [3.8, 4) is 0 Å². The van der Waals surface area contributed by atoms with E-state index in [-0.39, 0.29) is 11.7 Å². The largest absolute Gasteiger partial charge is 0.384 e. The van der Waals surface area contributed by atoms with Gasteiger partial charge in [0.2, 0.25) is 0 Å². The molecule has 0 aromatic heterocycles. The fourth-order valence-corrected chi connectivity index (χ4v) is 4.10. The first-order chi connectivity index (χ1) is 13.5. The number of aliphatic hydroxyl groups is 1. The van der Waals surface area contributed by atoms with Crippen molar-refractivity contribution in [2.45, 2.75) is 37.7 Å². The van der Waals surface area contributed by atoms with Crippen LogP contribution >= 0.6 is 11.6 Å². The maximum atomic E-state index is 13.5. The number of hydrogen-bond donors (Lipinski definition) is 1. The van der Waals surface area contributed by atoms with Gasteiger partial charge in [-0.2, -0.15) is 0 Å². The highest BCUT2D eigenvalue weighted by Crippen LogP contribution is 2.42. The summed E-state index contributed by atoms with van der Waals surface area (Å²) in [6.45, 7) is 5.93. The Hall–Kier alpha value is -1.46. The van der Waals surface area contributed by atoms with E-state index in [4.69, 9.17) is 16.3 Å². The molecule has 0 radical (unpaired) electrons.